The molecule has 1 aromatic rings. The van der Waals surface area contributed by atoms with Gasteiger partial charge in [-0.05, 0) is 37.0 Å². The van der Waals surface area contributed by atoms with Crippen molar-refractivity contribution in [2.75, 3.05) is 13.7 Å². The molecule has 1 aromatic carbocycles. The normalized spacial score (nSPS) is 15.1. The summed E-state index contributed by atoms with van der Waals surface area (Å²) in [6, 6.07) is 5.93. The molecule has 15 heavy (non-hydrogen) atoms. The van der Waals surface area contributed by atoms with Gasteiger partial charge in [0.2, 0.25) is 0 Å². The first-order valence-electron chi connectivity index (χ1n) is 5.19. The Labute approximate surface area is 98.7 Å². The average Bonchev–Trinajstić information content (AvgIpc) is 3.10. The number of alkyl halides is 1. The van der Waals surface area contributed by atoms with Gasteiger partial charge in [-0.15, -0.1) is 0 Å². The van der Waals surface area contributed by atoms with E-state index in [0.29, 0.717) is 0 Å². The minimum Gasteiger partial charge on any atom is -0.497 e. The van der Waals surface area contributed by atoms with Gasteiger partial charge in [-0.3, -0.25) is 0 Å². The van der Waals surface area contributed by atoms with Crippen LogP contribution in [0.4, 0.5) is 0 Å². The lowest BCUT2D eigenvalue weighted by Gasteiger charge is -2.10. The molecule has 0 bridgehead atoms. The number of ether oxygens (including phenoxy) is 2. The van der Waals surface area contributed by atoms with Gasteiger partial charge in [0.25, 0.3) is 0 Å². The topological polar surface area (TPSA) is 18.5 Å². The maximum Gasteiger partial charge on any atom is 0.123 e. The minimum absolute atomic E-state index is 0.787. The zero-order chi connectivity index (χ0) is 10.7. The van der Waals surface area contributed by atoms with E-state index in [1.165, 1.54) is 12.8 Å². The maximum absolute atomic E-state index is 5.77. The third-order valence-corrected chi connectivity index (χ3v) is 3.19. The van der Waals surface area contributed by atoms with Gasteiger partial charge < -0.3 is 9.47 Å². The summed E-state index contributed by atoms with van der Waals surface area (Å²) in [7, 11) is 1.68. The van der Waals surface area contributed by atoms with Gasteiger partial charge in [0.05, 0.1) is 13.7 Å². The third-order valence-electron chi connectivity index (χ3n) is 2.58. The number of rotatable bonds is 5. The maximum atomic E-state index is 5.77. The van der Waals surface area contributed by atoms with E-state index in [9.17, 15) is 0 Å². The van der Waals surface area contributed by atoms with Crippen molar-refractivity contribution >= 4 is 15.9 Å². The fraction of sp³-hybridized carbons (Fsp3) is 0.500. The van der Waals surface area contributed by atoms with Gasteiger partial charge >= 0.3 is 0 Å². The standard InChI is InChI=1S/C12H15BrO2/c1-14-11-4-5-12(10(6-11)7-13)15-8-9-2-3-9/h4-6,9H,2-3,7-8H2,1H3. The largest absolute Gasteiger partial charge is 0.497 e. The fourth-order valence-corrected chi connectivity index (χ4v) is 1.86. The SMILES string of the molecule is COc1ccc(OCC2CC2)c(CBr)c1. The molecule has 0 atom stereocenters. The van der Waals surface area contributed by atoms with Gasteiger partial charge in [0, 0.05) is 10.9 Å². The minimum atomic E-state index is 0.787. The number of halogens is 1. The molecule has 0 heterocycles. The molecule has 0 spiro atoms. The zero-order valence-corrected chi connectivity index (χ0v) is 10.4. The number of benzene rings is 1. The van der Waals surface area contributed by atoms with Crippen molar-refractivity contribution in [2.24, 2.45) is 5.92 Å². The van der Waals surface area contributed by atoms with E-state index in [4.69, 9.17) is 9.47 Å². The fourth-order valence-electron chi connectivity index (χ4n) is 1.42. The lowest BCUT2D eigenvalue weighted by molar-refractivity contribution is 0.297. The molecule has 1 aliphatic rings. The molecule has 1 saturated carbocycles. The van der Waals surface area contributed by atoms with E-state index in [1.807, 2.05) is 18.2 Å². The van der Waals surface area contributed by atoms with Crippen LogP contribution in [0.25, 0.3) is 0 Å². The molecule has 0 N–H and O–H groups in total. The van der Waals surface area contributed by atoms with Crippen LogP contribution in [-0.2, 0) is 5.33 Å². The van der Waals surface area contributed by atoms with Crippen LogP contribution in [0, 0.1) is 5.92 Å². The van der Waals surface area contributed by atoms with Crippen molar-refractivity contribution in [3.05, 3.63) is 23.8 Å². The van der Waals surface area contributed by atoms with Crippen LogP contribution in [0.3, 0.4) is 0 Å². The van der Waals surface area contributed by atoms with Crippen LogP contribution >= 0.6 is 15.9 Å². The summed E-state index contributed by atoms with van der Waals surface area (Å²) in [6.45, 7) is 0.854. The van der Waals surface area contributed by atoms with E-state index in [0.717, 1.165) is 34.9 Å². The second-order valence-electron chi connectivity index (χ2n) is 3.86. The Hall–Kier alpha value is -0.700. The summed E-state index contributed by atoms with van der Waals surface area (Å²) in [5, 5.41) is 0.796. The Kier molecular flexibility index (Phi) is 3.52. The predicted octanol–water partition coefficient (Wildman–Crippen LogP) is 3.38. The summed E-state index contributed by atoms with van der Waals surface area (Å²) in [4.78, 5) is 0. The molecule has 0 unspecified atom stereocenters. The molecular weight excluding hydrogens is 256 g/mol. The molecule has 3 heteroatoms. The van der Waals surface area contributed by atoms with Crippen LogP contribution in [0.1, 0.15) is 18.4 Å². The number of hydrogen-bond acceptors (Lipinski definition) is 2. The van der Waals surface area contributed by atoms with E-state index >= 15 is 0 Å². The Morgan fingerprint density at radius 1 is 1.40 bits per heavy atom. The predicted molar refractivity (Wildman–Crippen MR) is 63.8 cm³/mol. The second-order valence-corrected chi connectivity index (χ2v) is 4.42. The summed E-state index contributed by atoms with van der Waals surface area (Å²) < 4.78 is 10.9. The molecule has 2 rings (SSSR count). The van der Waals surface area contributed by atoms with Crippen molar-refractivity contribution in [3.8, 4) is 11.5 Å². The number of hydrogen-bond donors (Lipinski definition) is 0. The van der Waals surface area contributed by atoms with Crippen LogP contribution in [0.2, 0.25) is 0 Å². The summed E-state index contributed by atoms with van der Waals surface area (Å²) in [5.41, 5.74) is 1.15. The molecule has 0 amide bonds. The van der Waals surface area contributed by atoms with Gasteiger partial charge in [-0.1, -0.05) is 15.9 Å². The van der Waals surface area contributed by atoms with Crippen LogP contribution in [0.5, 0.6) is 11.5 Å². The first-order chi connectivity index (χ1) is 7.33. The lowest BCUT2D eigenvalue weighted by atomic mass is 10.2. The van der Waals surface area contributed by atoms with Gasteiger partial charge in [-0.2, -0.15) is 0 Å². The lowest BCUT2D eigenvalue weighted by Crippen LogP contribution is -2.01. The van der Waals surface area contributed by atoms with Crippen LogP contribution in [-0.4, -0.2) is 13.7 Å². The molecule has 0 saturated heterocycles. The van der Waals surface area contributed by atoms with Gasteiger partial charge in [0.1, 0.15) is 11.5 Å². The Balaban J connectivity index is 2.06. The van der Waals surface area contributed by atoms with Crippen LogP contribution in [0.15, 0.2) is 18.2 Å². The zero-order valence-electron chi connectivity index (χ0n) is 8.83. The van der Waals surface area contributed by atoms with E-state index in [-0.39, 0.29) is 0 Å². The Morgan fingerprint density at radius 3 is 2.80 bits per heavy atom. The highest BCUT2D eigenvalue weighted by molar-refractivity contribution is 9.08. The summed E-state index contributed by atoms with van der Waals surface area (Å²) in [5.74, 6) is 2.64. The van der Waals surface area contributed by atoms with Gasteiger partial charge in [0.15, 0.2) is 0 Å². The Bertz CT molecular complexity index is 334. The molecule has 0 aromatic heterocycles. The first-order valence-corrected chi connectivity index (χ1v) is 6.31. The molecule has 2 nitrogen and oxygen atoms in total. The van der Waals surface area contributed by atoms with Crippen molar-refractivity contribution in [1.82, 2.24) is 0 Å². The van der Waals surface area contributed by atoms with Crippen molar-refractivity contribution in [2.45, 2.75) is 18.2 Å². The van der Waals surface area contributed by atoms with Crippen LogP contribution < -0.4 is 9.47 Å². The Morgan fingerprint density at radius 2 is 2.20 bits per heavy atom. The van der Waals surface area contributed by atoms with E-state index in [1.54, 1.807) is 7.11 Å². The summed E-state index contributed by atoms with van der Waals surface area (Å²) in [6.07, 6.45) is 2.64. The monoisotopic (exact) mass is 270 g/mol. The summed E-state index contributed by atoms with van der Waals surface area (Å²) >= 11 is 3.46. The molecule has 82 valence electrons. The quantitative estimate of drug-likeness (QED) is 0.764. The van der Waals surface area contributed by atoms with Crippen molar-refractivity contribution in [1.29, 1.82) is 0 Å². The highest BCUT2D eigenvalue weighted by atomic mass is 79.9. The highest BCUT2D eigenvalue weighted by Crippen LogP contribution is 2.31. The molecule has 0 radical (unpaired) electrons. The molecule has 1 fully saturated rings. The van der Waals surface area contributed by atoms with Crippen molar-refractivity contribution < 1.29 is 9.47 Å². The first kappa shape index (κ1) is 10.8. The third kappa shape index (κ3) is 2.88. The molecule has 1 aliphatic carbocycles. The van der Waals surface area contributed by atoms with E-state index < -0.39 is 0 Å². The second kappa shape index (κ2) is 4.88. The molecular formula is C12H15BrO2. The molecule has 0 aliphatic heterocycles. The smallest absolute Gasteiger partial charge is 0.123 e. The average molecular weight is 271 g/mol. The number of methoxy groups -OCH3 is 1. The highest BCUT2D eigenvalue weighted by Gasteiger charge is 2.22. The van der Waals surface area contributed by atoms with E-state index in [2.05, 4.69) is 15.9 Å². The van der Waals surface area contributed by atoms with Gasteiger partial charge in [-0.25, -0.2) is 0 Å². The van der Waals surface area contributed by atoms with Crippen molar-refractivity contribution in [3.63, 3.8) is 0 Å².